The molecule has 14 heavy (non-hydrogen) atoms. The number of benzene rings is 1. The third-order valence-corrected chi connectivity index (χ3v) is 3.03. The molecule has 1 aromatic rings. The minimum atomic E-state index is -0.320. The van der Waals surface area contributed by atoms with Gasteiger partial charge in [-0.2, -0.15) is 0 Å². The van der Waals surface area contributed by atoms with Gasteiger partial charge < -0.3 is 0 Å². The number of carbonyl (C=O) groups excluding carboxylic acids is 1. The zero-order valence-electron chi connectivity index (χ0n) is 7.63. The van der Waals surface area contributed by atoms with Crippen molar-refractivity contribution in [1.82, 2.24) is 0 Å². The van der Waals surface area contributed by atoms with Gasteiger partial charge in [0.2, 0.25) is 0 Å². The molecule has 0 heterocycles. The molecule has 1 aromatic carbocycles. The Labute approximate surface area is 98.8 Å². The largest absolute Gasteiger partial charge is 0.287 e. The van der Waals surface area contributed by atoms with Crippen LogP contribution in [-0.4, -0.2) is 5.12 Å². The summed E-state index contributed by atoms with van der Waals surface area (Å²) >= 11 is 15.8. The topological polar surface area (TPSA) is 17.1 Å². The van der Waals surface area contributed by atoms with Crippen LogP contribution in [0.5, 0.6) is 0 Å². The van der Waals surface area contributed by atoms with Crippen molar-refractivity contribution in [2.24, 2.45) is 0 Å². The fourth-order valence-electron chi connectivity index (χ4n) is 1.35. The van der Waals surface area contributed by atoms with Crippen LogP contribution in [0.4, 0.5) is 0 Å². The van der Waals surface area contributed by atoms with Gasteiger partial charge in [0.05, 0.1) is 5.92 Å². The molecule has 0 saturated heterocycles. The van der Waals surface area contributed by atoms with Crippen LogP contribution in [0.25, 0.3) is 0 Å². The van der Waals surface area contributed by atoms with Gasteiger partial charge in [-0.25, -0.2) is 0 Å². The summed E-state index contributed by atoms with van der Waals surface area (Å²) in [4.78, 5) is 11.2. The smallest absolute Gasteiger partial charge is 0.193 e. The monoisotopic (exact) mass is 248 g/mol. The van der Waals surface area contributed by atoms with Gasteiger partial charge >= 0.3 is 0 Å². The molecule has 4 heteroatoms. The van der Waals surface area contributed by atoms with Gasteiger partial charge in [-0.05, 0) is 18.6 Å². The maximum absolute atomic E-state index is 11.2. The molecule has 0 aliphatic heterocycles. The van der Waals surface area contributed by atoms with Crippen molar-refractivity contribution in [2.75, 3.05) is 0 Å². The lowest BCUT2D eigenvalue weighted by Crippen LogP contribution is -2.06. The number of halogens is 2. The Bertz CT molecular complexity index is 332. The van der Waals surface area contributed by atoms with Crippen LogP contribution in [-0.2, 0) is 4.79 Å². The highest BCUT2D eigenvalue weighted by Gasteiger charge is 2.20. The summed E-state index contributed by atoms with van der Waals surface area (Å²) in [5, 5.41) is 0.834. The van der Waals surface area contributed by atoms with E-state index in [1.54, 1.807) is 18.2 Å². The molecule has 0 aliphatic carbocycles. The van der Waals surface area contributed by atoms with Crippen LogP contribution < -0.4 is 0 Å². The van der Waals surface area contributed by atoms with Gasteiger partial charge in [0.1, 0.15) is 0 Å². The first-order chi connectivity index (χ1) is 6.57. The number of carbonyl (C=O) groups is 1. The summed E-state index contributed by atoms with van der Waals surface area (Å²) < 4.78 is 0. The van der Waals surface area contributed by atoms with Crippen LogP contribution in [0, 0.1) is 0 Å². The molecule has 0 aromatic heterocycles. The molecule has 0 bridgehead atoms. The molecule has 0 fully saturated rings. The van der Waals surface area contributed by atoms with Crippen LogP contribution in [0.2, 0.25) is 10.0 Å². The third kappa shape index (κ3) is 2.44. The Morgan fingerprint density at radius 2 is 1.93 bits per heavy atom. The van der Waals surface area contributed by atoms with Crippen LogP contribution in [0.3, 0.4) is 0 Å². The normalized spacial score (nSPS) is 12.6. The van der Waals surface area contributed by atoms with E-state index in [4.69, 9.17) is 23.2 Å². The van der Waals surface area contributed by atoms with Crippen molar-refractivity contribution >= 4 is 40.9 Å². The van der Waals surface area contributed by atoms with Gasteiger partial charge in [-0.3, -0.25) is 4.79 Å². The van der Waals surface area contributed by atoms with E-state index < -0.39 is 0 Å². The van der Waals surface area contributed by atoms with E-state index in [0.717, 1.165) is 0 Å². The lowest BCUT2D eigenvalue weighted by Gasteiger charge is -2.14. The van der Waals surface area contributed by atoms with E-state index in [1.807, 2.05) is 6.92 Å². The molecule has 1 rings (SSSR count). The first-order valence-electron chi connectivity index (χ1n) is 4.24. The van der Waals surface area contributed by atoms with E-state index in [2.05, 4.69) is 12.6 Å². The number of hydrogen-bond donors (Lipinski definition) is 1. The van der Waals surface area contributed by atoms with Crippen molar-refractivity contribution < 1.29 is 4.79 Å². The quantitative estimate of drug-likeness (QED) is 0.803. The van der Waals surface area contributed by atoms with E-state index in [-0.39, 0.29) is 11.0 Å². The summed E-state index contributed by atoms with van der Waals surface area (Å²) in [6.45, 7) is 1.90. The summed E-state index contributed by atoms with van der Waals surface area (Å²) in [5.74, 6) is -0.320. The van der Waals surface area contributed by atoms with Gasteiger partial charge in [0, 0.05) is 15.6 Å². The highest BCUT2D eigenvalue weighted by Crippen LogP contribution is 2.34. The Morgan fingerprint density at radius 3 is 2.29 bits per heavy atom. The van der Waals surface area contributed by atoms with E-state index >= 15 is 0 Å². The van der Waals surface area contributed by atoms with Crippen molar-refractivity contribution in [3.8, 4) is 0 Å². The highest BCUT2D eigenvalue weighted by molar-refractivity contribution is 7.96. The number of rotatable bonds is 3. The Morgan fingerprint density at radius 1 is 1.43 bits per heavy atom. The summed E-state index contributed by atoms with van der Waals surface area (Å²) in [6.07, 6.45) is 0.645. The van der Waals surface area contributed by atoms with Crippen molar-refractivity contribution in [1.29, 1.82) is 0 Å². The van der Waals surface area contributed by atoms with Crippen molar-refractivity contribution in [3.05, 3.63) is 33.8 Å². The van der Waals surface area contributed by atoms with Gasteiger partial charge in [0.25, 0.3) is 0 Å². The minimum absolute atomic E-state index is 0.206. The molecular formula is C10H10Cl2OS. The molecule has 1 nitrogen and oxygen atoms in total. The number of thiol groups is 1. The van der Waals surface area contributed by atoms with E-state index in [1.165, 1.54) is 0 Å². The molecule has 0 saturated carbocycles. The predicted molar refractivity (Wildman–Crippen MR) is 63.5 cm³/mol. The average Bonchev–Trinajstić information content (AvgIpc) is 2.10. The molecule has 0 spiro atoms. The molecule has 0 radical (unpaired) electrons. The second kappa shape index (κ2) is 5.06. The van der Waals surface area contributed by atoms with Gasteiger partial charge in [-0.15, -0.1) is 12.6 Å². The Kier molecular flexibility index (Phi) is 4.30. The van der Waals surface area contributed by atoms with E-state index in [9.17, 15) is 4.79 Å². The maximum Gasteiger partial charge on any atom is 0.193 e. The molecular weight excluding hydrogens is 239 g/mol. The Hall–Kier alpha value is -0.180. The predicted octanol–water partition coefficient (Wildman–Crippen LogP) is 3.94. The second-order valence-corrected chi connectivity index (χ2v) is 4.19. The molecule has 0 amide bonds. The first kappa shape index (κ1) is 11.9. The van der Waals surface area contributed by atoms with Crippen molar-refractivity contribution in [2.45, 2.75) is 19.3 Å². The third-order valence-electron chi connectivity index (χ3n) is 2.05. The average molecular weight is 249 g/mol. The fraction of sp³-hybridized carbons (Fsp3) is 0.300. The SMILES string of the molecule is CCC(C(=O)S)c1c(Cl)cccc1Cl. The lowest BCUT2D eigenvalue weighted by atomic mass is 9.98. The Balaban J connectivity index is 3.22. The van der Waals surface area contributed by atoms with Crippen LogP contribution in [0.15, 0.2) is 18.2 Å². The molecule has 1 atom stereocenters. The highest BCUT2D eigenvalue weighted by atomic mass is 35.5. The standard InChI is InChI=1S/C10H10Cl2OS/c1-2-6(10(13)14)9-7(11)4-3-5-8(9)12/h3-6H,2H2,1H3,(H,13,14). The van der Waals surface area contributed by atoms with E-state index in [0.29, 0.717) is 22.0 Å². The molecule has 0 aliphatic rings. The zero-order chi connectivity index (χ0) is 10.7. The van der Waals surface area contributed by atoms with Crippen LogP contribution in [0.1, 0.15) is 24.8 Å². The number of hydrogen-bond acceptors (Lipinski definition) is 1. The maximum atomic E-state index is 11.2. The van der Waals surface area contributed by atoms with Gasteiger partial charge in [-0.1, -0.05) is 36.2 Å². The second-order valence-electron chi connectivity index (χ2n) is 2.93. The fourth-order valence-corrected chi connectivity index (χ4v) is 2.32. The molecule has 0 N–H and O–H groups in total. The zero-order valence-corrected chi connectivity index (χ0v) is 10.0. The summed E-state index contributed by atoms with van der Waals surface area (Å²) in [5.41, 5.74) is 0.679. The van der Waals surface area contributed by atoms with Gasteiger partial charge in [0.15, 0.2) is 5.12 Å². The van der Waals surface area contributed by atoms with Crippen molar-refractivity contribution in [3.63, 3.8) is 0 Å². The first-order valence-corrected chi connectivity index (χ1v) is 5.45. The van der Waals surface area contributed by atoms with Crippen LogP contribution >= 0.6 is 35.8 Å². The molecule has 1 unspecified atom stereocenters. The minimum Gasteiger partial charge on any atom is -0.287 e. The summed E-state index contributed by atoms with van der Waals surface area (Å²) in [6, 6.07) is 5.20. The lowest BCUT2D eigenvalue weighted by molar-refractivity contribution is -0.112. The summed E-state index contributed by atoms with van der Waals surface area (Å²) in [7, 11) is 0. The molecule has 76 valence electrons.